The van der Waals surface area contributed by atoms with Gasteiger partial charge in [-0.15, -0.1) is 0 Å². The molecule has 0 radical (unpaired) electrons. The first-order chi connectivity index (χ1) is 13.5. The highest BCUT2D eigenvalue weighted by atomic mass is 19.2. The Balaban J connectivity index is 1.94. The first-order valence-electron chi connectivity index (χ1n) is 8.87. The van der Waals surface area contributed by atoms with Gasteiger partial charge in [0, 0.05) is 0 Å². The van der Waals surface area contributed by atoms with Crippen molar-refractivity contribution in [1.82, 2.24) is 0 Å². The third-order valence-electron chi connectivity index (χ3n) is 4.01. The summed E-state index contributed by atoms with van der Waals surface area (Å²) in [6.07, 6.45) is -1.31. The molecule has 5 nitrogen and oxygen atoms in total. The second-order valence-electron chi connectivity index (χ2n) is 7.38. The van der Waals surface area contributed by atoms with E-state index in [1.807, 2.05) is 38.2 Å². The van der Waals surface area contributed by atoms with Gasteiger partial charge in [0.05, 0.1) is 5.69 Å². The Bertz CT molecular complexity index is 909. The maximum atomic E-state index is 13.6. The van der Waals surface area contributed by atoms with Gasteiger partial charge in [-0.25, -0.2) is 18.0 Å². The predicted octanol–water partition coefficient (Wildman–Crippen LogP) is 4.35. The van der Waals surface area contributed by atoms with Crippen LogP contribution in [0, 0.1) is 17.5 Å². The molecule has 0 unspecified atom stereocenters. The molecule has 0 aliphatic heterocycles. The number of ether oxygens (including phenoxy) is 2. The zero-order valence-corrected chi connectivity index (χ0v) is 16.5. The molecular formula is C21H22F3NO4. The average molecular weight is 409 g/mol. The highest BCUT2D eigenvalue weighted by molar-refractivity contribution is 5.95. The summed E-state index contributed by atoms with van der Waals surface area (Å²) >= 11 is 0. The summed E-state index contributed by atoms with van der Waals surface area (Å²) in [5.41, 5.74) is 0.127. The molecule has 0 aromatic heterocycles. The average Bonchev–Trinajstić information content (AvgIpc) is 2.66. The van der Waals surface area contributed by atoms with Gasteiger partial charge in [-0.1, -0.05) is 39.0 Å². The lowest BCUT2D eigenvalue weighted by Crippen LogP contribution is -2.32. The van der Waals surface area contributed by atoms with Crippen molar-refractivity contribution in [2.24, 2.45) is 0 Å². The highest BCUT2D eigenvalue weighted by Crippen LogP contribution is 2.30. The molecule has 0 aliphatic carbocycles. The smallest absolute Gasteiger partial charge is 0.344 e. The summed E-state index contributed by atoms with van der Waals surface area (Å²) in [7, 11) is 0. The monoisotopic (exact) mass is 409 g/mol. The quantitative estimate of drug-likeness (QED) is 0.569. The fourth-order valence-electron chi connectivity index (χ4n) is 2.49. The lowest BCUT2D eigenvalue weighted by molar-refractivity contribution is -0.155. The highest BCUT2D eigenvalue weighted by Gasteiger charge is 2.23. The van der Waals surface area contributed by atoms with E-state index >= 15 is 0 Å². The number of benzene rings is 2. The molecule has 29 heavy (non-hydrogen) atoms. The molecule has 0 saturated carbocycles. The zero-order chi connectivity index (χ0) is 21.8. The van der Waals surface area contributed by atoms with Crippen LogP contribution in [0.3, 0.4) is 0 Å². The molecular weight excluding hydrogens is 387 g/mol. The van der Waals surface area contributed by atoms with E-state index in [4.69, 9.17) is 9.47 Å². The van der Waals surface area contributed by atoms with Crippen molar-refractivity contribution in [2.75, 3.05) is 11.9 Å². The van der Waals surface area contributed by atoms with Gasteiger partial charge in [0.2, 0.25) is 0 Å². The predicted molar refractivity (Wildman–Crippen MR) is 101 cm³/mol. The van der Waals surface area contributed by atoms with Gasteiger partial charge < -0.3 is 14.8 Å². The van der Waals surface area contributed by atoms with E-state index in [9.17, 15) is 22.8 Å². The summed E-state index contributed by atoms with van der Waals surface area (Å²) in [4.78, 5) is 24.0. The minimum atomic E-state index is -1.71. The first-order valence-corrected chi connectivity index (χ1v) is 8.87. The Hall–Kier alpha value is -3.03. The van der Waals surface area contributed by atoms with Gasteiger partial charge in [-0.3, -0.25) is 4.79 Å². The third kappa shape index (κ3) is 5.73. The molecule has 0 aliphatic rings. The Labute approximate surface area is 166 Å². The molecule has 1 N–H and O–H groups in total. The van der Waals surface area contributed by atoms with Crippen LogP contribution in [0.15, 0.2) is 36.4 Å². The topological polar surface area (TPSA) is 64.6 Å². The molecule has 156 valence electrons. The van der Waals surface area contributed by atoms with Crippen molar-refractivity contribution in [2.45, 2.75) is 39.2 Å². The van der Waals surface area contributed by atoms with Crippen LogP contribution in [-0.4, -0.2) is 24.6 Å². The van der Waals surface area contributed by atoms with Crippen LogP contribution < -0.4 is 10.1 Å². The largest absolute Gasteiger partial charge is 0.482 e. The normalized spacial score (nSPS) is 12.2. The molecule has 0 heterocycles. The molecule has 2 aromatic carbocycles. The van der Waals surface area contributed by atoms with Gasteiger partial charge >= 0.3 is 5.97 Å². The molecule has 0 spiro atoms. The van der Waals surface area contributed by atoms with Gasteiger partial charge in [-0.2, -0.15) is 0 Å². The number of carbonyl (C=O) groups is 2. The molecule has 0 fully saturated rings. The number of para-hydroxylation sites is 1. The van der Waals surface area contributed by atoms with Crippen molar-refractivity contribution < 1.29 is 32.2 Å². The van der Waals surface area contributed by atoms with Gasteiger partial charge in [-0.05, 0) is 36.1 Å². The van der Waals surface area contributed by atoms with Crippen molar-refractivity contribution in [3.05, 3.63) is 59.4 Å². The fraction of sp³-hybridized carbons (Fsp3) is 0.333. The van der Waals surface area contributed by atoms with E-state index in [-0.39, 0.29) is 5.41 Å². The Kier molecular flexibility index (Phi) is 6.89. The van der Waals surface area contributed by atoms with Crippen LogP contribution in [0.2, 0.25) is 0 Å². The molecule has 1 amide bonds. The van der Waals surface area contributed by atoms with Gasteiger partial charge in [0.15, 0.2) is 30.2 Å². The van der Waals surface area contributed by atoms with Crippen LogP contribution in [0.5, 0.6) is 5.75 Å². The van der Waals surface area contributed by atoms with Gasteiger partial charge in [0.1, 0.15) is 5.75 Å². The van der Waals surface area contributed by atoms with E-state index in [2.05, 4.69) is 0 Å². The Morgan fingerprint density at radius 2 is 1.69 bits per heavy atom. The molecule has 0 saturated heterocycles. The molecule has 8 heteroatoms. The number of esters is 1. The van der Waals surface area contributed by atoms with Crippen LogP contribution in [0.25, 0.3) is 0 Å². The third-order valence-corrected chi connectivity index (χ3v) is 4.01. The number of nitrogens with one attached hydrogen (secondary N) is 1. The molecule has 1 atom stereocenters. The number of amides is 1. The zero-order valence-electron chi connectivity index (χ0n) is 16.5. The molecule has 2 aromatic rings. The molecule has 0 bridgehead atoms. The number of hydrogen-bond acceptors (Lipinski definition) is 4. The second-order valence-corrected chi connectivity index (χ2v) is 7.38. The Morgan fingerprint density at radius 1 is 1.03 bits per heavy atom. The van der Waals surface area contributed by atoms with Crippen LogP contribution >= 0.6 is 0 Å². The standard InChI is InChI=1S/C21H22F3NO4/c1-12(20(27)25-15-10-9-14(22)18(23)19(15)24)29-17(26)11-28-16-8-6-5-7-13(16)21(2,3)4/h5-10,12H,11H2,1-4H3,(H,25,27)/t12-/m0/s1. The lowest BCUT2D eigenvalue weighted by Gasteiger charge is -2.22. The maximum Gasteiger partial charge on any atom is 0.344 e. The first kappa shape index (κ1) is 22.3. The number of hydrogen-bond donors (Lipinski definition) is 1. The van der Waals surface area contributed by atoms with E-state index in [0.717, 1.165) is 11.6 Å². The van der Waals surface area contributed by atoms with Crippen molar-refractivity contribution >= 4 is 17.6 Å². The number of anilines is 1. The van der Waals surface area contributed by atoms with E-state index < -0.39 is 47.7 Å². The summed E-state index contributed by atoms with van der Waals surface area (Å²) in [6, 6.07) is 8.76. The van der Waals surface area contributed by atoms with Crippen LogP contribution in [-0.2, 0) is 19.7 Å². The summed E-state index contributed by atoms with van der Waals surface area (Å²) < 4.78 is 50.3. The van der Waals surface area contributed by atoms with Crippen molar-refractivity contribution in [3.8, 4) is 5.75 Å². The van der Waals surface area contributed by atoms with E-state index in [1.54, 1.807) is 12.1 Å². The van der Waals surface area contributed by atoms with Crippen molar-refractivity contribution in [3.63, 3.8) is 0 Å². The number of rotatable bonds is 6. The number of halogens is 3. The SMILES string of the molecule is C[C@H](OC(=O)COc1ccccc1C(C)(C)C)C(=O)Nc1ccc(F)c(F)c1F. The Morgan fingerprint density at radius 3 is 2.34 bits per heavy atom. The number of carbonyl (C=O) groups excluding carboxylic acids is 2. The summed E-state index contributed by atoms with van der Waals surface area (Å²) in [5, 5.41) is 2.05. The van der Waals surface area contributed by atoms with Crippen LogP contribution in [0.4, 0.5) is 18.9 Å². The lowest BCUT2D eigenvalue weighted by atomic mass is 9.86. The van der Waals surface area contributed by atoms with E-state index in [1.165, 1.54) is 6.92 Å². The van der Waals surface area contributed by atoms with Crippen LogP contribution in [0.1, 0.15) is 33.3 Å². The minimum absolute atomic E-state index is 0.206. The minimum Gasteiger partial charge on any atom is -0.482 e. The van der Waals surface area contributed by atoms with Crippen molar-refractivity contribution in [1.29, 1.82) is 0 Å². The van der Waals surface area contributed by atoms with E-state index in [0.29, 0.717) is 11.8 Å². The second kappa shape index (κ2) is 8.98. The molecule has 2 rings (SSSR count). The summed E-state index contributed by atoms with van der Waals surface area (Å²) in [6.45, 7) is 6.81. The summed E-state index contributed by atoms with van der Waals surface area (Å²) in [5.74, 6) is -5.84. The maximum absolute atomic E-state index is 13.6. The van der Waals surface area contributed by atoms with Gasteiger partial charge in [0.25, 0.3) is 5.91 Å². The fourth-order valence-corrected chi connectivity index (χ4v) is 2.49.